The first kappa shape index (κ1) is 15.2. The van der Waals surface area contributed by atoms with Crippen molar-refractivity contribution in [1.82, 2.24) is 15.2 Å². The van der Waals surface area contributed by atoms with E-state index >= 15 is 0 Å². The van der Waals surface area contributed by atoms with Crippen LogP contribution in [0.3, 0.4) is 0 Å². The number of allylic oxidation sites excluding steroid dienone is 1. The standard InChI is InChI=1S/C19H21N3O2/c1-22-8-7-13-10-21-18-17(13)15(22)9-14(19(18)24)20-11-16(23)12-5-3-2-4-6-12/h2-6,9-10,15-16,20-21,23H,7-8,11H2,1H3. The average molecular weight is 323 g/mol. The van der Waals surface area contributed by atoms with E-state index in [1.165, 1.54) is 5.56 Å². The van der Waals surface area contributed by atoms with Crippen molar-refractivity contribution in [3.63, 3.8) is 0 Å². The third kappa shape index (κ3) is 2.46. The molecule has 0 fully saturated rings. The molecule has 1 aromatic heterocycles. The first-order valence-electron chi connectivity index (χ1n) is 8.29. The Morgan fingerprint density at radius 1 is 1.38 bits per heavy atom. The zero-order valence-corrected chi connectivity index (χ0v) is 13.6. The van der Waals surface area contributed by atoms with E-state index in [-0.39, 0.29) is 11.8 Å². The van der Waals surface area contributed by atoms with Gasteiger partial charge in [-0.25, -0.2) is 0 Å². The Balaban J connectivity index is 1.55. The number of hydrogen-bond donors (Lipinski definition) is 3. The molecule has 0 spiro atoms. The highest BCUT2D eigenvalue weighted by Crippen LogP contribution is 2.37. The second-order valence-corrected chi connectivity index (χ2v) is 6.49. The molecule has 0 radical (unpaired) electrons. The number of hydrogen-bond acceptors (Lipinski definition) is 4. The number of aromatic nitrogens is 1. The maximum Gasteiger partial charge on any atom is 0.225 e. The van der Waals surface area contributed by atoms with Gasteiger partial charge in [0.25, 0.3) is 0 Å². The average Bonchev–Trinajstić information content (AvgIpc) is 3.04. The van der Waals surface area contributed by atoms with E-state index in [9.17, 15) is 9.90 Å². The van der Waals surface area contributed by atoms with Gasteiger partial charge < -0.3 is 15.4 Å². The van der Waals surface area contributed by atoms with E-state index in [4.69, 9.17) is 0 Å². The molecule has 1 aliphatic heterocycles. The van der Waals surface area contributed by atoms with Crippen molar-refractivity contribution in [2.24, 2.45) is 0 Å². The zero-order chi connectivity index (χ0) is 16.7. The van der Waals surface area contributed by atoms with E-state index in [1.54, 1.807) is 0 Å². The molecule has 24 heavy (non-hydrogen) atoms. The molecule has 5 heteroatoms. The Hall–Kier alpha value is -2.37. The SMILES string of the molecule is CN1CCc2c[nH]c3c2C1C=C(NCC(O)c1ccccc1)C3=O. The highest BCUT2D eigenvalue weighted by atomic mass is 16.3. The van der Waals surface area contributed by atoms with E-state index < -0.39 is 6.10 Å². The maximum atomic E-state index is 12.7. The fourth-order valence-electron chi connectivity index (χ4n) is 3.58. The van der Waals surface area contributed by atoms with Gasteiger partial charge in [-0.2, -0.15) is 0 Å². The Morgan fingerprint density at radius 2 is 2.17 bits per heavy atom. The second kappa shape index (κ2) is 5.92. The van der Waals surface area contributed by atoms with Gasteiger partial charge in [0.05, 0.1) is 23.5 Å². The number of aromatic amines is 1. The summed E-state index contributed by atoms with van der Waals surface area (Å²) in [6.45, 7) is 1.28. The van der Waals surface area contributed by atoms with Crippen LogP contribution in [0.2, 0.25) is 0 Å². The minimum Gasteiger partial charge on any atom is -0.387 e. The predicted molar refractivity (Wildman–Crippen MR) is 91.7 cm³/mol. The topological polar surface area (TPSA) is 68.4 Å². The van der Waals surface area contributed by atoms with Crippen molar-refractivity contribution < 1.29 is 9.90 Å². The lowest BCUT2D eigenvalue weighted by atomic mass is 9.88. The van der Waals surface area contributed by atoms with Crippen LogP contribution < -0.4 is 5.32 Å². The minimum absolute atomic E-state index is 0.0249. The number of aliphatic hydroxyl groups is 1. The number of aliphatic hydroxyl groups excluding tert-OH is 1. The van der Waals surface area contributed by atoms with Crippen LogP contribution >= 0.6 is 0 Å². The largest absolute Gasteiger partial charge is 0.387 e. The van der Waals surface area contributed by atoms with Crippen LogP contribution in [0.5, 0.6) is 0 Å². The van der Waals surface area contributed by atoms with Gasteiger partial charge in [-0.15, -0.1) is 0 Å². The van der Waals surface area contributed by atoms with Gasteiger partial charge in [0.2, 0.25) is 5.78 Å². The number of Topliss-reactive ketones (excluding diaryl/α,β-unsaturated/α-hetero) is 1. The van der Waals surface area contributed by atoms with Crippen molar-refractivity contribution in [3.8, 4) is 0 Å². The van der Waals surface area contributed by atoms with Crippen molar-refractivity contribution in [2.75, 3.05) is 20.1 Å². The molecule has 3 N–H and O–H groups in total. The Kier molecular flexibility index (Phi) is 3.75. The third-order valence-corrected chi connectivity index (χ3v) is 4.98. The summed E-state index contributed by atoms with van der Waals surface area (Å²) in [6.07, 6.45) is 4.26. The van der Waals surface area contributed by atoms with Gasteiger partial charge in [-0.3, -0.25) is 9.69 Å². The molecule has 2 aromatic rings. The summed E-state index contributed by atoms with van der Waals surface area (Å²) < 4.78 is 0. The highest BCUT2D eigenvalue weighted by molar-refractivity contribution is 6.09. The monoisotopic (exact) mass is 323 g/mol. The molecule has 2 atom stereocenters. The Labute approximate surface area is 141 Å². The molecule has 2 unspecified atom stereocenters. The van der Waals surface area contributed by atoms with Crippen LogP contribution in [-0.4, -0.2) is 40.9 Å². The van der Waals surface area contributed by atoms with Gasteiger partial charge in [0, 0.05) is 24.8 Å². The molecule has 0 saturated heterocycles. The first-order chi connectivity index (χ1) is 11.6. The van der Waals surface area contributed by atoms with Gasteiger partial charge in [-0.05, 0) is 30.7 Å². The smallest absolute Gasteiger partial charge is 0.225 e. The zero-order valence-electron chi connectivity index (χ0n) is 13.6. The number of H-pyrrole nitrogens is 1. The number of ketones is 1. The minimum atomic E-state index is -0.649. The van der Waals surface area contributed by atoms with Gasteiger partial charge >= 0.3 is 0 Å². The normalized spacial score (nSPS) is 21.2. The number of benzene rings is 1. The number of rotatable bonds is 4. The molecule has 2 heterocycles. The molecule has 0 amide bonds. The summed E-state index contributed by atoms with van der Waals surface area (Å²) in [7, 11) is 2.08. The molecule has 0 saturated carbocycles. The van der Waals surface area contributed by atoms with Gasteiger partial charge in [0.15, 0.2) is 0 Å². The van der Waals surface area contributed by atoms with Gasteiger partial charge in [0.1, 0.15) is 0 Å². The van der Waals surface area contributed by atoms with E-state index in [0.717, 1.165) is 24.1 Å². The van der Waals surface area contributed by atoms with Crippen LogP contribution in [0, 0.1) is 0 Å². The molecule has 1 aliphatic carbocycles. The van der Waals surface area contributed by atoms with Crippen molar-refractivity contribution in [2.45, 2.75) is 18.6 Å². The summed E-state index contributed by atoms with van der Waals surface area (Å²) in [6, 6.07) is 9.59. The summed E-state index contributed by atoms with van der Waals surface area (Å²) in [5, 5.41) is 13.4. The molecule has 2 aliphatic rings. The molecular weight excluding hydrogens is 302 g/mol. The molecule has 5 nitrogen and oxygen atoms in total. The molecule has 1 aromatic carbocycles. The summed E-state index contributed by atoms with van der Waals surface area (Å²) in [5.74, 6) is -0.0249. The van der Waals surface area contributed by atoms with E-state index in [0.29, 0.717) is 17.9 Å². The fourth-order valence-corrected chi connectivity index (χ4v) is 3.58. The first-order valence-corrected chi connectivity index (χ1v) is 8.29. The summed E-state index contributed by atoms with van der Waals surface area (Å²) in [5.41, 5.74) is 4.43. The number of nitrogens with one attached hydrogen (secondary N) is 2. The third-order valence-electron chi connectivity index (χ3n) is 4.98. The Morgan fingerprint density at radius 3 is 2.96 bits per heavy atom. The van der Waals surface area contributed by atoms with Crippen LogP contribution in [0.15, 0.2) is 48.3 Å². The van der Waals surface area contributed by atoms with E-state index in [1.807, 2.05) is 42.6 Å². The lowest BCUT2D eigenvalue weighted by Gasteiger charge is -2.34. The second-order valence-electron chi connectivity index (χ2n) is 6.49. The lowest BCUT2D eigenvalue weighted by Crippen LogP contribution is -2.37. The molecule has 4 rings (SSSR count). The number of carbonyl (C=O) groups is 1. The molecule has 124 valence electrons. The van der Waals surface area contributed by atoms with E-state index in [2.05, 4.69) is 22.2 Å². The fraction of sp³-hybridized carbons (Fsp3) is 0.316. The van der Waals surface area contributed by atoms with Crippen molar-refractivity contribution >= 4 is 5.78 Å². The van der Waals surface area contributed by atoms with Crippen molar-refractivity contribution in [1.29, 1.82) is 0 Å². The van der Waals surface area contributed by atoms with Crippen molar-refractivity contribution in [3.05, 3.63) is 70.7 Å². The van der Waals surface area contributed by atoms with Crippen LogP contribution in [-0.2, 0) is 6.42 Å². The van der Waals surface area contributed by atoms with Crippen LogP contribution in [0.4, 0.5) is 0 Å². The number of likely N-dealkylation sites (N-methyl/N-ethyl adjacent to an activating group) is 1. The predicted octanol–water partition coefficient (Wildman–Crippen LogP) is 1.95. The lowest BCUT2D eigenvalue weighted by molar-refractivity contribution is 0.100. The summed E-state index contributed by atoms with van der Waals surface area (Å²) >= 11 is 0. The number of carbonyl (C=O) groups excluding carboxylic acids is 1. The summed E-state index contributed by atoms with van der Waals surface area (Å²) in [4.78, 5) is 18.1. The number of nitrogens with zero attached hydrogens (tertiary/aromatic N) is 1. The highest BCUT2D eigenvalue weighted by Gasteiger charge is 2.35. The van der Waals surface area contributed by atoms with Crippen LogP contribution in [0.25, 0.3) is 0 Å². The van der Waals surface area contributed by atoms with Gasteiger partial charge in [-0.1, -0.05) is 30.3 Å². The maximum absolute atomic E-state index is 12.7. The molecule has 0 bridgehead atoms. The molecular formula is C19H21N3O2. The van der Waals surface area contributed by atoms with Crippen LogP contribution in [0.1, 0.15) is 39.3 Å². The quantitative estimate of drug-likeness (QED) is 0.804. The Bertz CT molecular complexity index is 794.